The third-order valence-electron chi connectivity index (χ3n) is 4.23. The zero-order valence-electron chi connectivity index (χ0n) is 12.0. The van der Waals surface area contributed by atoms with Crippen molar-refractivity contribution in [2.24, 2.45) is 0 Å². The SMILES string of the molecule is CS(=O)(=O)n1c2c(c3ccccc31)-c1ccc(Cl)cc1CC2. The summed E-state index contributed by atoms with van der Waals surface area (Å²) >= 11 is 6.10. The number of halogens is 1. The van der Waals surface area contributed by atoms with Crippen LogP contribution in [0.1, 0.15) is 11.3 Å². The maximum absolute atomic E-state index is 12.3. The molecule has 1 heterocycles. The van der Waals surface area contributed by atoms with E-state index in [1.807, 2.05) is 42.5 Å². The van der Waals surface area contributed by atoms with Gasteiger partial charge in [-0.1, -0.05) is 35.9 Å². The van der Waals surface area contributed by atoms with Gasteiger partial charge in [-0.2, -0.15) is 0 Å². The Labute approximate surface area is 134 Å². The molecule has 22 heavy (non-hydrogen) atoms. The van der Waals surface area contributed by atoms with E-state index in [9.17, 15) is 8.42 Å². The quantitative estimate of drug-likeness (QED) is 0.679. The van der Waals surface area contributed by atoms with E-state index in [1.54, 1.807) is 0 Å². The summed E-state index contributed by atoms with van der Waals surface area (Å²) in [5.41, 5.74) is 4.91. The average Bonchev–Trinajstić information content (AvgIpc) is 2.81. The first-order valence-corrected chi connectivity index (χ1v) is 9.31. The van der Waals surface area contributed by atoms with Crippen molar-refractivity contribution in [2.75, 3.05) is 6.26 Å². The van der Waals surface area contributed by atoms with E-state index >= 15 is 0 Å². The van der Waals surface area contributed by atoms with Crippen LogP contribution in [-0.2, 0) is 22.9 Å². The van der Waals surface area contributed by atoms with Gasteiger partial charge in [0.2, 0.25) is 10.0 Å². The Bertz CT molecular complexity index is 1020. The first-order valence-electron chi connectivity index (χ1n) is 7.08. The molecule has 1 aromatic heterocycles. The Kier molecular flexibility index (Phi) is 2.90. The van der Waals surface area contributed by atoms with Crippen molar-refractivity contribution < 1.29 is 8.42 Å². The maximum Gasteiger partial charge on any atom is 0.236 e. The van der Waals surface area contributed by atoms with Gasteiger partial charge in [0, 0.05) is 21.7 Å². The molecule has 0 aliphatic heterocycles. The van der Waals surface area contributed by atoms with Gasteiger partial charge >= 0.3 is 0 Å². The van der Waals surface area contributed by atoms with Crippen LogP contribution in [0.3, 0.4) is 0 Å². The summed E-state index contributed by atoms with van der Waals surface area (Å²) in [6.07, 6.45) is 2.76. The molecule has 0 spiro atoms. The van der Waals surface area contributed by atoms with E-state index in [-0.39, 0.29) is 0 Å². The van der Waals surface area contributed by atoms with E-state index in [0.717, 1.165) is 34.1 Å². The van der Waals surface area contributed by atoms with Gasteiger partial charge in [-0.25, -0.2) is 12.4 Å². The van der Waals surface area contributed by atoms with Crippen LogP contribution in [0.5, 0.6) is 0 Å². The minimum Gasteiger partial charge on any atom is -0.241 e. The fraction of sp³-hybridized carbons (Fsp3) is 0.176. The van der Waals surface area contributed by atoms with E-state index in [1.165, 1.54) is 15.8 Å². The van der Waals surface area contributed by atoms with E-state index in [2.05, 4.69) is 0 Å². The second-order valence-corrected chi connectivity index (χ2v) is 7.94. The highest BCUT2D eigenvalue weighted by molar-refractivity contribution is 7.89. The molecule has 0 unspecified atom stereocenters. The van der Waals surface area contributed by atoms with Gasteiger partial charge in [-0.05, 0) is 42.2 Å². The number of nitrogens with zero attached hydrogens (tertiary/aromatic N) is 1. The lowest BCUT2D eigenvalue weighted by atomic mass is 9.88. The van der Waals surface area contributed by atoms with Crippen molar-refractivity contribution in [3.8, 4) is 11.1 Å². The number of fused-ring (bicyclic) bond motifs is 5. The lowest BCUT2D eigenvalue weighted by Gasteiger charge is -2.19. The zero-order valence-corrected chi connectivity index (χ0v) is 13.6. The number of para-hydroxylation sites is 1. The Morgan fingerprint density at radius 3 is 2.64 bits per heavy atom. The molecular weight excluding hydrogens is 318 g/mol. The lowest BCUT2D eigenvalue weighted by Crippen LogP contribution is -2.16. The molecule has 0 fully saturated rings. The van der Waals surface area contributed by atoms with Crippen LogP contribution in [0.2, 0.25) is 5.02 Å². The highest BCUT2D eigenvalue weighted by atomic mass is 35.5. The van der Waals surface area contributed by atoms with Crippen molar-refractivity contribution in [1.29, 1.82) is 0 Å². The molecule has 1 aliphatic carbocycles. The predicted molar refractivity (Wildman–Crippen MR) is 90.0 cm³/mol. The summed E-state index contributed by atoms with van der Waals surface area (Å²) in [5.74, 6) is 0. The third-order valence-corrected chi connectivity index (χ3v) is 5.54. The van der Waals surface area contributed by atoms with Crippen LogP contribution in [0.25, 0.3) is 22.0 Å². The van der Waals surface area contributed by atoms with Gasteiger partial charge in [0.15, 0.2) is 0 Å². The van der Waals surface area contributed by atoms with Crippen molar-refractivity contribution in [1.82, 2.24) is 3.97 Å². The molecule has 0 bridgehead atoms. The van der Waals surface area contributed by atoms with Crippen molar-refractivity contribution in [2.45, 2.75) is 12.8 Å². The van der Waals surface area contributed by atoms with Gasteiger partial charge < -0.3 is 0 Å². The molecule has 0 saturated carbocycles. The molecule has 0 saturated heterocycles. The van der Waals surface area contributed by atoms with Crippen LogP contribution in [0.4, 0.5) is 0 Å². The molecule has 4 rings (SSSR count). The molecule has 0 amide bonds. The van der Waals surface area contributed by atoms with Crippen LogP contribution in [0.15, 0.2) is 42.5 Å². The molecule has 112 valence electrons. The third kappa shape index (κ3) is 1.91. The molecule has 0 radical (unpaired) electrons. The van der Waals surface area contributed by atoms with Crippen LogP contribution < -0.4 is 0 Å². The van der Waals surface area contributed by atoms with Crippen molar-refractivity contribution >= 4 is 32.5 Å². The normalized spacial score (nSPS) is 13.9. The molecule has 5 heteroatoms. The van der Waals surface area contributed by atoms with Gasteiger partial charge in [0.25, 0.3) is 0 Å². The van der Waals surface area contributed by atoms with Crippen molar-refractivity contribution in [3.05, 3.63) is 58.7 Å². The largest absolute Gasteiger partial charge is 0.241 e. The number of rotatable bonds is 1. The van der Waals surface area contributed by atoms with Gasteiger partial charge in [-0.3, -0.25) is 0 Å². The fourth-order valence-corrected chi connectivity index (χ4v) is 4.73. The highest BCUT2D eigenvalue weighted by Crippen LogP contribution is 2.42. The van der Waals surface area contributed by atoms with Gasteiger partial charge in [0.05, 0.1) is 11.8 Å². The van der Waals surface area contributed by atoms with Crippen LogP contribution in [-0.4, -0.2) is 18.6 Å². The Morgan fingerprint density at radius 1 is 1.09 bits per heavy atom. The number of aromatic nitrogens is 1. The topological polar surface area (TPSA) is 39.1 Å². The fourth-order valence-electron chi connectivity index (χ4n) is 3.44. The summed E-state index contributed by atoms with van der Waals surface area (Å²) in [4.78, 5) is 0. The number of hydrogen-bond acceptors (Lipinski definition) is 2. The summed E-state index contributed by atoms with van der Waals surface area (Å²) in [6, 6.07) is 13.5. The van der Waals surface area contributed by atoms with Crippen molar-refractivity contribution in [3.63, 3.8) is 0 Å². The number of aryl methyl sites for hydroxylation is 1. The molecule has 1 aliphatic rings. The zero-order chi connectivity index (χ0) is 15.5. The standard InChI is InChI=1S/C17H14ClNO2S/c1-22(20,21)19-15-5-3-2-4-14(15)17-13-8-7-12(18)10-11(13)6-9-16(17)19/h2-5,7-8,10H,6,9H2,1H3. The van der Waals surface area contributed by atoms with Crippen LogP contribution in [0, 0.1) is 0 Å². The van der Waals surface area contributed by atoms with E-state index in [0.29, 0.717) is 11.4 Å². The van der Waals surface area contributed by atoms with Crippen LogP contribution >= 0.6 is 11.6 Å². The van der Waals surface area contributed by atoms with Gasteiger partial charge in [0.1, 0.15) is 0 Å². The first-order chi connectivity index (χ1) is 10.5. The molecular formula is C17H14ClNO2S. The summed E-state index contributed by atoms with van der Waals surface area (Å²) < 4.78 is 26.1. The predicted octanol–water partition coefficient (Wildman–Crippen LogP) is 3.87. The molecule has 0 N–H and O–H groups in total. The highest BCUT2D eigenvalue weighted by Gasteiger charge is 2.27. The minimum atomic E-state index is -3.35. The number of benzene rings is 2. The first kappa shape index (κ1) is 13.9. The monoisotopic (exact) mass is 331 g/mol. The molecule has 3 aromatic rings. The summed E-state index contributed by atoms with van der Waals surface area (Å²) in [5, 5.41) is 1.69. The smallest absolute Gasteiger partial charge is 0.236 e. The van der Waals surface area contributed by atoms with Gasteiger partial charge in [-0.15, -0.1) is 0 Å². The molecule has 0 atom stereocenters. The Balaban J connectivity index is 2.18. The molecule has 3 nitrogen and oxygen atoms in total. The molecule has 2 aromatic carbocycles. The summed E-state index contributed by atoms with van der Waals surface area (Å²) in [7, 11) is -3.35. The Hall–Kier alpha value is -1.78. The van der Waals surface area contributed by atoms with E-state index < -0.39 is 10.0 Å². The minimum absolute atomic E-state index is 0.699. The Morgan fingerprint density at radius 2 is 1.86 bits per heavy atom. The lowest BCUT2D eigenvalue weighted by molar-refractivity contribution is 0.592. The van der Waals surface area contributed by atoms with E-state index in [4.69, 9.17) is 11.6 Å². The number of hydrogen-bond donors (Lipinski definition) is 0. The maximum atomic E-state index is 12.3. The second kappa shape index (κ2) is 4.61. The summed E-state index contributed by atoms with van der Waals surface area (Å²) in [6.45, 7) is 0. The second-order valence-electron chi connectivity index (χ2n) is 5.67. The average molecular weight is 332 g/mol.